The minimum absolute atomic E-state index is 0.487. The van der Waals surface area contributed by atoms with E-state index in [0.29, 0.717) is 23.4 Å². The largest absolute Gasteiger partial charge is 0.424 e. The van der Waals surface area contributed by atoms with Gasteiger partial charge in [0, 0.05) is 11.6 Å². The number of aromatic nitrogens is 6. The van der Waals surface area contributed by atoms with Gasteiger partial charge in [0.15, 0.2) is 5.82 Å². The first kappa shape index (κ1) is 14.4. The predicted molar refractivity (Wildman–Crippen MR) is 84.5 cm³/mol. The maximum Gasteiger partial charge on any atom is 0.226 e. The van der Waals surface area contributed by atoms with Crippen molar-refractivity contribution >= 4 is 11.8 Å². The van der Waals surface area contributed by atoms with Crippen molar-refractivity contribution in [1.82, 2.24) is 30.2 Å². The number of nitrogens with zero attached hydrogens (tertiary/aromatic N) is 6. The molecule has 118 valence electrons. The lowest BCUT2D eigenvalue weighted by Gasteiger charge is -2.03. The van der Waals surface area contributed by atoms with E-state index in [9.17, 15) is 0 Å². The van der Waals surface area contributed by atoms with E-state index < -0.39 is 0 Å². The summed E-state index contributed by atoms with van der Waals surface area (Å²) in [6, 6.07) is 5.86. The first-order chi connectivity index (χ1) is 11.2. The molecule has 1 aliphatic rings. The summed E-state index contributed by atoms with van der Waals surface area (Å²) in [5.41, 5.74) is 2.00. The summed E-state index contributed by atoms with van der Waals surface area (Å²) in [6.45, 7) is 3.96. The summed E-state index contributed by atoms with van der Waals surface area (Å²) in [4.78, 5) is 0. The molecule has 0 radical (unpaired) electrons. The summed E-state index contributed by atoms with van der Waals surface area (Å²) in [7, 11) is 0. The van der Waals surface area contributed by atoms with Gasteiger partial charge in [-0.05, 0) is 44.9 Å². The Bertz CT molecular complexity index is 821. The standard InChI is InChI=1S/C15H16N6OS/c1-9-7-10(2)21(20-9)12-5-6-14(18-16-12)23-8-13-17-19-15(22-13)11-3-4-11/h5-7,11H,3-4,8H2,1-2H3. The second-order valence-electron chi connectivity index (χ2n) is 5.67. The summed E-state index contributed by atoms with van der Waals surface area (Å²) in [5, 5.41) is 21.9. The predicted octanol–water partition coefficient (Wildman–Crippen LogP) is 2.83. The zero-order valence-electron chi connectivity index (χ0n) is 12.9. The summed E-state index contributed by atoms with van der Waals surface area (Å²) < 4.78 is 7.42. The lowest BCUT2D eigenvalue weighted by atomic mass is 10.4. The Morgan fingerprint density at radius 2 is 2.04 bits per heavy atom. The normalized spacial score (nSPS) is 14.3. The Labute approximate surface area is 137 Å². The molecule has 3 aromatic rings. The Kier molecular flexibility index (Phi) is 3.60. The SMILES string of the molecule is Cc1cc(C)n(-c2ccc(SCc3nnc(C4CC4)o3)nn2)n1. The second-order valence-corrected chi connectivity index (χ2v) is 6.66. The van der Waals surface area contributed by atoms with Gasteiger partial charge in [-0.1, -0.05) is 11.8 Å². The van der Waals surface area contributed by atoms with Crippen LogP contribution in [0.3, 0.4) is 0 Å². The van der Waals surface area contributed by atoms with Crippen molar-refractivity contribution in [3.63, 3.8) is 0 Å². The molecule has 23 heavy (non-hydrogen) atoms. The third kappa shape index (κ3) is 3.12. The fourth-order valence-corrected chi connectivity index (χ4v) is 2.97. The maximum atomic E-state index is 5.64. The van der Waals surface area contributed by atoms with Crippen molar-refractivity contribution in [2.24, 2.45) is 0 Å². The van der Waals surface area contributed by atoms with Crippen LogP contribution in [0.2, 0.25) is 0 Å². The summed E-state index contributed by atoms with van der Waals surface area (Å²) >= 11 is 1.53. The third-order valence-electron chi connectivity index (χ3n) is 3.61. The molecule has 3 heterocycles. The van der Waals surface area contributed by atoms with Crippen LogP contribution >= 0.6 is 11.8 Å². The highest BCUT2D eigenvalue weighted by molar-refractivity contribution is 7.98. The van der Waals surface area contributed by atoms with Crippen LogP contribution in [0.25, 0.3) is 5.82 Å². The molecule has 0 aromatic carbocycles. The number of hydrogen-bond donors (Lipinski definition) is 0. The average Bonchev–Trinajstić information content (AvgIpc) is 3.20. The highest BCUT2D eigenvalue weighted by atomic mass is 32.2. The van der Waals surface area contributed by atoms with Crippen molar-refractivity contribution in [2.75, 3.05) is 0 Å². The molecule has 1 fully saturated rings. The number of aryl methyl sites for hydroxylation is 2. The minimum atomic E-state index is 0.487. The molecule has 0 unspecified atom stereocenters. The summed E-state index contributed by atoms with van der Waals surface area (Å²) in [5.74, 6) is 3.22. The number of hydrogen-bond acceptors (Lipinski definition) is 7. The Balaban J connectivity index is 1.42. The fourth-order valence-electron chi connectivity index (χ4n) is 2.32. The van der Waals surface area contributed by atoms with Gasteiger partial charge in [-0.25, -0.2) is 4.68 Å². The van der Waals surface area contributed by atoms with E-state index in [4.69, 9.17) is 4.42 Å². The van der Waals surface area contributed by atoms with Crippen molar-refractivity contribution in [3.05, 3.63) is 41.4 Å². The molecule has 0 atom stereocenters. The van der Waals surface area contributed by atoms with Crippen LogP contribution in [0, 0.1) is 13.8 Å². The summed E-state index contributed by atoms with van der Waals surface area (Å²) in [6.07, 6.45) is 2.32. The van der Waals surface area contributed by atoms with Gasteiger partial charge >= 0.3 is 0 Å². The van der Waals surface area contributed by atoms with Crippen LogP contribution in [-0.4, -0.2) is 30.2 Å². The van der Waals surface area contributed by atoms with E-state index in [1.54, 1.807) is 4.68 Å². The minimum Gasteiger partial charge on any atom is -0.424 e. The van der Waals surface area contributed by atoms with Crippen LogP contribution < -0.4 is 0 Å². The molecule has 3 aromatic heterocycles. The fraction of sp³-hybridized carbons (Fsp3) is 0.400. The molecule has 0 spiro atoms. The molecule has 0 N–H and O–H groups in total. The maximum absolute atomic E-state index is 5.64. The van der Waals surface area contributed by atoms with Crippen LogP contribution in [0.15, 0.2) is 27.6 Å². The highest BCUT2D eigenvalue weighted by Crippen LogP contribution is 2.39. The van der Waals surface area contributed by atoms with E-state index in [1.807, 2.05) is 32.0 Å². The number of thioether (sulfide) groups is 1. The van der Waals surface area contributed by atoms with E-state index in [1.165, 1.54) is 11.8 Å². The van der Waals surface area contributed by atoms with Crippen molar-refractivity contribution in [2.45, 2.75) is 43.4 Å². The van der Waals surface area contributed by atoms with Crippen LogP contribution in [0.1, 0.15) is 41.9 Å². The van der Waals surface area contributed by atoms with Gasteiger partial charge < -0.3 is 4.42 Å². The Morgan fingerprint density at radius 3 is 2.70 bits per heavy atom. The average molecular weight is 328 g/mol. The third-order valence-corrected chi connectivity index (χ3v) is 4.51. The quantitative estimate of drug-likeness (QED) is 0.666. The van der Waals surface area contributed by atoms with Gasteiger partial charge in [-0.15, -0.1) is 20.4 Å². The molecule has 8 heteroatoms. The van der Waals surface area contributed by atoms with Crippen molar-refractivity contribution in [3.8, 4) is 5.82 Å². The smallest absolute Gasteiger partial charge is 0.226 e. The van der Waals surface area contributed by atoms with Gasteiger partial charge in [0.2, 0.25) is 11.8 Å². The van der Waals surface area contributed by atoms with Crippen LogP contribution in [-0.2, 0) is 5.75 Å². The molecular formula is C15H16N6OS. The molecule has 0 amide bonds. The lowest BCUT2D eigenvalue weighted by Crippen LogP contribution is -2.03. The molecule has 0 saturated heterocycles. The highest BCUT2D eigenvalue weighted by Gasteiger charge is 2.29. The van der Waals surface area contributed by atoms with E-state index in [0.717, 1.165) is 35.1 Å². The van der Waals surface area contributed by atoms with E-state index in [-0.39, 0.29) is 0 Å². The van der Waals surface area contributed by atoms with Gasteiger partial charge in [0.05, 0.1) is 11.4 Å². The second kappa shape index (κ2) is 5.77. The molecule has 0 bridgehead atoms. The lowest BCUT2D eigenvalue weighted by molar-refractivity contribution is 0.466. The Morgan fingerprint density at radius 1 is 1.17 bits per heavy atom. The number of rotatable bonds is 5. The zero-order valence-corrected chi connectivity index (χ0v) is 13.7. The van der Waals surface area contributed by atoms with Gasteiger partial charge in [-0.2, -0.15) is 5.10 Å². The first-order valence-electron chi connectivity index (χ1n) is 7.51. The van der Waals surface area contributed by atoms with Crippen molar-refractivity contribution in [1.29, 1.82) is 0 Å². The molecular weight excluding hydrogens is 312 g/mol. The zero-order chi connectivity index (χ0) is 15.8. The van der Waals surface area contributed by atoms with E-state index >= 15 is 0 Å². The van der Waals surface area contributed by atoms with Crippen LogP contribution in [0.4, 0.5) is 0 Å². The molecule has 1 aliphatic carbocycles. The van der Waals surface area contributed by atoms with Gasteiger partial charge in [0.1, 0.15) is 5.03 Å². The molecule has 4 rings (SSSR count). The monoisotopic (exact) mass is 328 g/mol. The molecule has 0 aliphatic heterocycles. The Hall–Kier alpha value is -2.22. The topological polar surface area (TPSA) is 82.5 Å². The van der Waals surface area contributed by atoms with Gasteiger partial charge in [-0.3, -0.25) is 0 Å². The first-order valence-corrected chi connectivity index (χ1v) is 8.50. The van der Waals surface area contributed by atoms with Gasteiger partial charge in [0.25, 0.3) is 0 Å². The van der Waals surface area contributed by atoms with E-state index in [2.05, 4.69) is 25.5 Å². The molecule has 7 nitrogen and oxygen atoms in total. The van der Waals surface area contributed by atoms with Crippen LogP contribution in [0.5, 0.6) is 0 Å². The molecule has 1 saturated carbocycles. The van der Waals surface area contributed by atoms with Crippen molar-refractivity contribution < 1.29 is 4.42 Å².